The molecule has 1 amide bonds. The number of carbonyl (C=O) groups is 1. The zero-order chi connectivity index (χ0) is 17.5. The predicted octanol–water partition coefficient (Wildman–Crippen LogP) is 4.56. The molecule has 0 fully saturated rings. The lowest BCUT2D eigenvalue weighted by Crippen LogP contribution is -2.37. The fraction of sp³-hybridized carbons (Fsp3) is 0.261. The number of nitrogens with one attached hydrogen (secondary N) is 1. The second-order valence-electron chi connectivity index (χ2n) is 6.48. The Bertz CT molecular complexity index is 793. The molecule has 1 N–H and O–H groups in total. The maximum absolute atomic E-state index is 12.4. The highest BCUT2D eigenvalue weighted by atomic mass is 16.1. The number of rotatable bonds is 3. The smallest absolute Gasteiger partial charge is 0.251 e. The van der Waals surface area contributed by atoms with E-state index in [9.17, 15) is 4.79 Å². The first-order valence-electron chi connectivity index (χ1n) is 8.87. The molecule has 0 radical (unpaired) electrons. The lowest BCUT2D eigenvalue weighted by Gasteiger charge is -2.24. The lowest BCUT2D eigenvalue weighted by atomic mass is 9.90. The van der Waals surface area contributed by atoms with E-state index in [1.165, 1.54) is 6.42 Å². The minimum atomic E-state index is -0.0194. The van der Waals surface area contributed by atoms with Gasteiger partial charge in [-0.1, -0.05) is 42.2 Å². The van der Waals surface area contributed by atoms with Crippen molar-refractivity contribution in [2.45, 2.75) is 32.2 Å². The van der Waals surface area contributed by atoms with Crippen LogP contribution in [0.3, 0.4) is 0 Å². The third-order valence-corrected chi connectivity index (χ3v) is 4.56. The van der Waals surface area contributed by atoms with Crippen LogP contribution in [0, 0.1) is 17.8 Å². The quantitative estimate of drug-likeness (QED) is 0.649. The van der Waals surface area contributed by atoms with Crippen molar-refractivity contribution in [2.75, 3.05) is 0 Å². The Balaban J connectivity index is 1.62. The molecule has 25 heavy (non-hydrogen) atoms. The van der Waals surface area contributed by atoms with Crippen LogP contribution in [-0.2, 0) is 0 Å². The Kier molecular flexibility index (Phi) is 5.69. The highest BCUT2D eigenvalue weighted by Crippen LogP contribution is 2.20. The van der Waals surface area contributed by atoms with Crippen molar-refractivity contribution in [3.63, 3.8) is 0 Å². The first-order chi connectivity index (χ1) is 12.2. The molecule has 126 valence electrons. The van der Waals surface area contributed by atoms with Gasteiger partial charge in [0.15, 0.2) is 0 Å². The molecule has 0 aromatic heterocycles. The first-order valence-corrected chi connectivity index (χ1v) is 8.87. The molecule has 0 heterocycles. The van der Waals surface area contributed by atoms with Crippen molar-refractivity contribution in [1.29, 1.82) is 0 Å². The van der Waals surface area contributed by atoms with Crippen LogP contribution >= 0.6 is 0 Å². The molecule has 3 rings (SSSR count). The fourth-order valence-corrected chi connectivity index (χ4v) is 3.02. The molecular formula is C23H23NO. The molecule has 0 saturated carbocycles. The summed E-state index contributed by atoms with van der Waals surface area (Å²) < 4.78 is 0. The average molecular weight is 329 g/mol. The van der Waals surface area contributed by atoms with Gasteiger partial charge in [0.25, 0.3) is 5.91 Å². The molecule has 1 aliphatic carbocycles. The zero-order valence-corrected chi connectivity index (χ0v) is 14.5. The Hall–Kier alpha value is -2.79. The summed E-state index contributed by atoms with van der Waals surface area (Å²) >= 11 is 0. The van der Waals surface area contributed by atoms with Gasteiger partial charge >= 0.3 is 0 Å². The summed E-state index contributed by atoms with van der Waals surface area (Å²) in [5.41, 5.74) is 2.57. The molecule has 2 atom stereocenters. The van der Waals surface area contributed by atoms with Crippen LogP contribution in [0.15, 0.2) is 66.7 Å². The number of carbonyl (C=O) groups excluding carboxylic acids is 1. The van der Waals surface area contributed by atoms with Crippen molar-refractivity contribution in [1.82, 2.24) is 5.32 Å². The van der Waals surface area contributed by atoms with Gasteiger partial charge < -0.3 is 5.32 Å². The largest absolute Gasteiger partial charge is 0.349 e. The van der Waals surface area contributed by atoms with E-state index in [4.69, 9.17) is 0 Å². The Morgan fingerprint density at radius 2 is 1.72 bits per heavy atom. The average Bonchev–Trinajstić information content (AvgIpc) is 2.68. The normalized spacial score (nSPS) is 17.2. The SMILES string of the molecule is CC(NC(=O)c1ccc(C#Cc2ccccc2)cc1)C1C=CCCC1. The molecule has 2 heteroatoms. The van der Waals surface area contributed by atoms with Gasteiger partial charge in [0.05, 0.1) is 0 Å². The fourth-order valence-electron chi connectivity index (χ4n) is 3.02. The molecule has 2 aromatic rings. The standard InChI is InChI=1S/C23H23NO/c1-18(21-10-6-3-7-11-21)24-23(25)22-16-14-20(15-17-22)13-12-19-8-4-2-5-9-19/h2,4-6,8-10,14-18,21H,3,7,11H2,1H3,(H,24,25). The van der Waals surface area contributed by atoms with Gasteiger partial charge in [0.1, 0.15) is 0 Å². The molecule has 2 nitrogen and oxygen atoms in total. The zero-order valence-electron chi connectivity index (χ0n) is 14.5. The van der Waals surface area contributed by atoms with E-state index in [1.807, 2.05) is 54.6 Å². The van der Waals surface area contributed by atoms with E-state index >= 15 is 0 Å². The molecule has 0 spiro atoms. The number of benzene rings is 2. The Morgan fingerprint density at radius 3 is 2.36 bits per heavy atom. The Labute approximate surface area is 150 Å². The summed E-state index contributed by atoms with van der Waals surface area (Å²) in [6.45, 7) is 2.08. The number of hydrogen-bond donors (Lipinski definition) is 1. The molecule has 2 unspecified atom stereocenters. The molecule has 2 aromatic carbocycles. The molecule has 1 aliphatic rings. The minimum Gasteiger partial charge on any atom is -0.349 e. The van der Waals surface area contributed by atoms with Crippen LogP contribution in [0.5, 0.6) is 0 Å². The molecule has 0 bridgehead atoms. The summed E-state index contributed by atoms with van der Waals surface area (Å²) in [5.74, 6) is 6.67. The minimum absolute atomic E-state index is 0.0194. The van der Waals surface area contributed by atoms with Gasteiger partial charge in [-0.15, -0.1) is 0 Å². The van der Waals surface area contributed by atoms with Crippen LogP contribution in [0.2, 0.25) is 0 Å². The van der Waals surface area contributed by atoms with Crippen LogP contribution < -0.4 is 5.32 Å². The Morgan fingerprint density at radius 1 is 1.04 bits per heavy atom. The summed E-state index contributed by atoms with van der Waals surface area (Å²) in [5, 5.41) is 3.12. The maximum Gasteiger partial charge on any atom is 0.251 e. The number of allylic oxidation sites excluding steroid dienone is 1. The third kappa shape index (κ3) is 4.84. The van der Waals surface area contributed by atoms with Gasteiger partial charge in [-0.2, -0.15) is 0 Å². The highest BCUT2D eigenvalue weighted by molar-refractivity contribution is 5.94. The van der Waals surface area contributed by atoms with Gasteiger partial charge in [-0.3, -0.25) is 4.79 Å². The number of amides is 1. The van der Waals surface area contributed by atoms with E-state index in [0.29, 0.717) is 11.5 Å². The third-order valence-electron chi connectivity index (χ3n) is 4.56. The van der Waals surface area contributed by atoms with Crippen molar-refractivity contribution in [3.8, 4) is 11.8 Å². The van der Waals surface area contributed by atoms with Crippen molar-refractivity contribution >= 4 is 5.91 Å². The lowest BCUT2D eigenvalue weighted by molar-refractivity contribution is 0.0930. The summed E-state index contributed by atoms with van der Waals surface area (Å²) in [6, 6.07) is 17.5. The van der Waals surface area contributed by atoms with Crippen LogP contribution in [-0.4, -0.2) is 11.9 Å². The van der Waals surface area contributed by atoms with Crippen molar-refractivity contribution < 1.29 is 4.79 Å². The predicted molar refractivity (Wildman–Crippen MR) is 102 cm³/mol. The number of hydrogen-bond acceptors (Lipinski definition) is 1. The van der Waals surface area contributed by atoms with Crippen LogP contribution in [0.25, 0.3) is 0 Å². The van der Waals surface area contributed by atoms with Crippen molar-refractivity contribution in [3.05, 3.63) is 83.4 Å². The van der Waals surface area contributed by atoms with E-state index < -0.39 is 0 Å². The van der Waals surface area contributed by atoms with Crippen molar-refractivity contribution in [2.24, 2.45) is 5.92 Å². The van der Waals surface area contributed by atoms with Gasteiger partial charge in [-0.25, -0.2) is 0 Å². The van der Waals surface area contributed by atoms with E-state index in [1.54, 1.807) is 0 Å². The summed E-state index contributed by atoms with van der Waals surface area (Å²) in [4.78, 5) is 12.4. The van der Waals surface area contributed by atoms with Crippen LogP contribution in [0.1, 0.15) is 47.7 Å². The van der Waals surface area contributed by atoms with Gasteiger partial charge in [0, 0.05) is 22.7 Å². The monoisotopic (exact) mass is 329 g/mol. The second kappa shape index (κ2) is 8.35. The van der Waals surface area contributed by atoms with Gasteiger partial charge in [-0.05, 0) is 68.5 Å². The van der Waals surface area contributed by atoms with E-state index in [0.717, 1.165) is 24.0 Å². The maximum atomic E-state index is 12.4. The summed E-state index contributed by atoms with van der Waals surface area (Å²) in [7, 11) is 0. The van der Waals surface area contributed by atoms with Crippen LogP contribution in [0.4, 0.5) is 0 Å². The molecule has 0 aliphatic heterocycles. The van der Waals surface area contributed by atoms with Gasteiger partial charge in [0.2, 0.25) is 0 Å². The second-order valence-corrected chi connectivity index (χ2v) is 6.48. The van der Waals surface area contributed by atoms with E-state index in [-0.39, 0.29) is 11.9 Å². The first kappa shape index (κ1) is 17.0. The molecule has 0 saturated heterocycles. The highest BCUT2D eigenvalue weighted by Gasteiger charge is 2.18. The molecular weight excluding hydrogens is 306 g/mol. The summed E-state index contributed by atoms with van der Waals surface area (Å²) in [6.07, 6.45) is 7.96. The van der Waals surface area contributed by atoms with E-state index in [2.05, 4.69) is 36.2 Å². The topological polar surface area (TPSA) is 29.1 Å².